The average molecular weight is 347 g/mol. The Bertz CT molecular complexity index is 671. The zero-order valence-corrected chi connectivity index (χ0v) is 15.2. The molecule has 0 unspecified atom stereocenters. The summed E-state index contributed by atoms with van der Waals surface area (Å²) in [6, 6.07) is 7.72. The Morgan fingerprint density at radius 3 is 2.44 bits per heavy atom. The molecule has 1 aromatic carbocycles. The number of carbonyl (C=O) groups is 2. The lowest BCUT2D eigenvalue weighted by molar-refractivity contribution is -0.152. The van der Waals surface area contributed by atoms with Crippen LogP contribution in [0.2, 0.25) is 0 Å². The Balaban J connectivity index is 1.82. The van der Waals surface area contributed by atoms with Gasteiger partial charge in [-0.3, -0.25) is 0 Å². The number of likely N-dealkylation sites (tertiary alicyclic amines) is 1. The highest BCUT2D eigenvalue weighted by Gasteiger charge is 2.54. The molecule has 2 heterocycles. The van der Waals surface area contributed by atoms with Gasteiger partial charge in [-0.15, -0.1) is 0 Å². The summed E-state index contributed by atoms with van der Waals surface area (Å²) in [5, 5.41) is 0. The zero-order chi connectivity index (χ0) is 18.2. The van der Waals surface area contributed by atoms with Gasteiger partial charge in [0.1, 0.15) is 11.4 Å². The number of benzene rings is 1. The molecule has 1 amide bonds. The number of nitrogens with zero attached hydrogens (tertiary/aromatic N) is 1. The largest absolute Gasteiger partial charge is 0.477 e. The summed E-state index contributed by atoms with van der Waals surface area (Å²) in [7, 11) is 1.37. The first-order valence-corrected chi connectivity index (χ1v) is 8.59. The van der Waals surface area contributed by atoms with Crippen molar-refractivity contribution in [3.8, 4) is 5.75 Å². The Hall–Kier alpha value is -2.24. The standard InChI is InChI=1S/C19H25NO5/c1-18(2,3)25-17(22)20-11-9-19(10-12-20)13-7-5-6-8-14(13)24-15(19)16(21)23-4/h5-8,15H,9-12H2,1-4H3/t15-/m0/s1. The number of hydrogen-bond acceptors (Lipinski definition) is 5. The molecule has 1 spiro atoms. The number of methoxy groups -OCH3 is 1. The molecule has 6 heteroatoms. The predicted octanol–water partition coefficient (Wildman–Crippen LogP) is 2.89. The fraction of sp³-hybridized carbons (Fsp3) is 0.579. The minimum absolute atomic E-state index is 0.316. The van der Waals surface area contributed by atoms with Gasteiger partial charge in [-0.1, -0.05) is 18.2 Å². The third kappa shape index (κ3) is 3.17. The van der Waals surface area contributed by atoms with Crippen LogP contribution >= 0.6 is 0 Å². The highest BCUT2D eigenvalue weighted by Crippen LogP contribution is 2.49. The van der Waals surface area contributed by atoms with Crippen molar-refractivity contribution in [1.29, 1.82) is 0 Å². The first kappa shape index (κ1) is 17.6. The normalized spacial score (nSPS) is 21.4. The lowest BCUT2D eigenvalue weighted by atomic mass is 9.70. The Morgan fingerprint density at radius 1 is 1.20 bits per heavy atom. The lowest BCUT2D eigenvalue weighted by Crippen LogP contribution is -2.53. The minimum Gasteiger partial charge on any atom is -0.477 e. The molecule has 2 aliphatic heterocycles. The molecule has 0 bridgehead atoms. The van der Waals surface area contributed by atoms with Crippen LogP contribution in [0.1, 0.15) is 39.2 Å². The van der Waals surface area contributed by atoms with Crippen LogP contribution in [-0.4, -0.2) is 48.9 Å². The molecule has 0 saturated carbocycles. The summed E-state index contributed by atoms with van der Waals surface area (Å²) in [6.07, 6.45) is 0.270. The van der Waals surface area contributed by atoms with Crippen LogP contribution in [0.15, 0.2) is 24.3 Å². The molecule has 0 aromatic heterocycles. The number of hydrogen-bond donors (Lipinski definition) is 0. The summed E-state index contributed by atoms with van der Waals surface area (Å²) in [5.41, 5.74) is 0.0423. The van der Waals surface area contributed by atoms with E-state index in [0.717, 1.165) is 11.3 Å². The van der Waals surface area contributed by atoms with Crippen molar-refractivity contribution >= 4 is 12.1 Å². The lowest BCUT2D eigenvalue weighted by Gasteiger charge is -2.41. The first-order chi connectivity index (χ1) is 11.8. The third-order valence-corrected chi connectivity index (χ3v) is 4.89. The molecule has 0 N–H and O–H groups in total. The number of ether oxygens (including phenoxy) is 3. The molecule has 136 valence electrons. The second-order valence-electron chi connectivity index (χ2n) is 7.64. The van der Waals surface area contributed by atoms with E-state index in [2.05, 4.69) is 0 Å². The van der Waals surface area contributed by atoms with E-state index >= 15 is 0 Å². The van der Waals surface area contributed by atoms with Gasteiger partial charge in [0, 0.05) is 18.7 Å². The van der Waals surface area contributed by atoms with Gasteiger partial charge in [0.25, 0.3) is 0 Å². The third-order valence-electron chi connectivity index (χ3n) is 4.89. The molecule has 6 nitrogen and oxygen atoms in total. The molecular formula is C19H25NO5. The summed E-state index contributed by atoms with van der Waals surface area (Å²) < 4.78 is 16.3. The van der Waals surface area contributed by atoms with Crippen LogP contribution in [-0.2, 0) is 19.7 Å². The van der Waals surface area contributed by atoms with Gasteiger partial charge in [0.05, 0.1) is 12.5 Å². The number of piperidine rings is 1. The predicted molar refractivity (Wildman–Crippen MR) is 91.6 cm³/mol. The van der Waals surface area contributed by atoms with Crippen LogP contribution in [0.25, 0.3) is 0 Å². The Kier molecular flexibility index (Phi) is 4.39. The van der Waals surface area contributed by atoms with Gasteiger partial charge in [0.15, 0.2) is 0 Å². The monoisotopic (exact) mass is 347 g/mol. The van der Waals surface area contributed by atoms with E-state index in [1.807, 2.05) is 45.0 Å². The average Bonchev–Trinajstić information content (AvgIpc) is 2.88. The van der Waals surface area contributed by atoms with Crippen molar-refractivity contribution in [3.05, 3.63) is 29.8 Å². The second-order valence-corrected chi connectivity index (χ2v) is 7.64. The summed E-state index contributed by atoms with van der Waals surface area (Å²) in [6.45, 7) is 6.58. The van der Waals surface area contributed by atoms with E-state index in [0.29, 0.717) is 25.9 Å². The second kappa shape index (κ2) is 6.24. The molecule has 1 aromatic rings. The minimum atomic E-state index is -0.671. The molecule has 2 aliphatic rings. The number of rotatable bonds is 1. The van der Waals surface area contributed by atoms with Crippen molar-refractivity contribution in [3.63, 3.8) is 0 Å². The number of fused-ring (bicyclic) bond motifs is 2. The molecule has 1 atom stereocenters. The van der Waals surface area contributed by atoms with E-state index in [9.17, 15) is 9.59 Å². The molecule has 3 rings (SSSR count). The number of esters is 1. The number of para-hydroxylation sites is 1. The van der Waals surface area contributed by atoms with Crippen molar-refractivity contribution in [2.75, 3.05) is 20.2 Å². The molecule has 0 aliphatic carbocycles. The molecule has 25 heavy (non-hydrogen) atoms. The Morgan fingerprint density at radius 2 is 1.84 bits per heavy atom. The van der Waals surface area contributed by atoms with Gasteiger partial charge in [-0.25, -0.2) is 9.59 Å². The maximum atomic E-state index is 12.3. The van der Waals surface area contributed by atoms with Crippen LogP contribution in [0.4, 0.5) is 4.79 Å². The van der Waals surface area contributed by atoms with Gasteiger partial charge >= 0.3 is 12.1 Å². The summed E-state index contributed by atoms with van der Waals surface area (Å²) in [5.74, 6) is 0.352. The van der Waals surface area contributed by atoms with Crippen molar-refractivity contribution in [2.45, 2.75) is 50.7 Å². The van der Waals surface area contributed by atoms with Crippen molar-refractivity contribution in [1.82, 2.24) is 4.90 Å². The van der Waals surface area contributed by atoms with E-state index in [4.69, 9.17) is 14.2 Å². The van der Waals surface area contributed by atoms with Gasteiger partial charge < -0.3 is 19.1 Å². The maximum absolute atomic E-state index is 12.3. The SMILES string of the molecule is COC(=O)[C@@H]1Oc2ccccc2C12CCN(C(=O)OC(C)(C)C)CC2. The van der Waals surface area contributed by atoms with E-state index in [1.165, 1.54) is 7.11 Å². The smallest absolute Gasteiger partial charge is 0.410 e. The van der Waals surface area contributed by atoms with Gasteiger partial charge in [0.2, 0.25) is 6.10 Å². The van der Waals surface area contributed by atoms with E-state index in [-0.39, 0.29) is 12.1 Å². The highest BCUT2D eigenvalue weighted by molar-refractivity contribution is 5.79. The summed E-state index contributed by atoms with van der Waals surface area (Å²) >= 11 is 0. The zero-order valence-electron chi connectivity index (χ0n) is 15.2. The molecule has 1 saturated heterocycles. The van der Waals surface area contributed by atoms with Crippen LogP contribution in [0.3, 0.4) is 0 Å². The van der Waals surface area contributed by atoms with E-state index < -0.39 is 17.1 Å². The van der Waals surface area contributed by atoms with Crippen molar-refractivity contribution in [2.24, 2.45) is 0 Å². The topological polar surface area (TPSA) is 65.1 Å². The quantitative estimate of drug-likeness (QED) is 0.731. The molecule has 0 radical (unpaired) electrons. The Labute approximate surface area is 148 Å². The maximum Gasteiger partial charge on any atom is 0.410 e. The summed E-state index contributed by atoms with van der Waals surface area (Å²) in [4.78, 5) is 26.3. The van der Waals surface area contributed by atoms with E-state index in [1.54, 1.807) is 4.90 Å². The van der Waals surface area contributed by atoms with Crippen LogP contribution in [0.5, 0.6) is 5.75 Å². The fourth-order valence-electron chi connectivity index (χ4n) is 3.69. The van der Waals surface area contributed by atoms with Gasteiger partial charge in [-0.2, -0.15) is 0 Å². The first-order valence-electron chi connectivity index (χ1n) is 8.59. The number of carbonyl (C=O) groups excluding carboxylic acids is 2. The van der Waals surface area contributed by atoms with Crippen LogP contribution < -0.4 is 4.74 Å². The number of amides is 1. The van der Waals surface area contributed by atoms with Gasteiger partial charge in [-0.05, 0) is 39.7 Å². The van der Waals surface area contributed by atoms with Crippen LogP contribution in [0, 0.1) is 0 Å². The highest BCUT2D eigenvalue weighted by atomic mass is 16.6. The fourth-order valence-corrected chi connectivity index (χ4v) is 3.69. The molecular weight excluding hydrogens is 322 g/mol. The molecule has 1 fully saturated rings. The van der Waals surface area contributed by atoms with Crippen molar-refractivity contribution < 1.29 is 23.8 Å².